The average molecular weight is 668 g/mol. The van der Waals surface area contributed by atoms with Crippen LogP contribution >= 0.6 is 0 Å². The predicted octanol–water partition coefficient (Wildman–Crippen LogP) is 7.72. The monoisotopic (exact) mass is 667 g/mol. The number of benzene rings is 1. The first-order chi connectivity index (χ1) is 22.8. The van der Waals surface area contributed by atoms with Gasteiger partial charge in [-0.2, -0.15) is 0 Å². The highest BCUT2D eigenvalue weighted by Crippen LogP contribution is 2.71. The molecule has 4 aliphatic carbocycles. The molecular weight excluding hydrogens is 614 g/mol. The van der Waals surface area contributed by atoms with Gasteiger partial charge in [0.15, 0.2) is 5.78 Å². The third-order valence-electron chi connectivity index (χ3n) is 14.5. The van der Waals surface area contributed by atoms with Crippen LogP contribution in [0.25, 0.3) is 16.5 Å². The van der Waals surface area contributed by atoms with Crippen molar-refractivity contribution in [2.75, 3.05) is 6.61 Å². The molecule has 1 aromatic carbocycles. The summed E-state index contributed by atoms with van der Waals surface area (Å²) < 4.78 is 14.1. The number of hydrogen-bond donors (Lipinski definition) is 2. The maximum atomic E-state index is 14.8. The van der Waals surface area contributed by atoms with Crippen LogP contribution in [0, 0.1) is 28.6 Å². The van der Waals surface area contributed by atoms with Crippen molar-refractivity contribution in [1.82, 2.24) is 4.57 Å². The van der Waals surface area contributed by atoms with Gasteiger partial charge in [-0.25, -0.2) is 0 Å². The number of nitrogens with zero attached hydrogens (tertiary/aromatic N) is 1. The number of aliphatic hydroxyl groups is 2. The molecule has 3 heterocycles. The number of carbonyl (C=O) groups is 2. The van der Waals surface area contributed by atoms with Crippen LogP contribution in [0.1, 0.15) is 133 Å². The number of aliphatic hydroxyl groups excluding tert-OH is 2. The second-order valence-electron chi connectivity index (χ2n) is 18.0. The molecule has 7 heteroatoms. The quantitative estimate of drug-likeness (QED) is 0.256. The van der Waals surface area contributed by atoms with Crippen molar-refractivity contribution in [3.8, 4) is 0 Å². The largest absolute Gasteiger partial charge is 0.462 e. The SMILES string of the molecule is C=C(C)[C@H]1C(=O)c2c3c(cc4c5c(n1c24)[C@@]1(C)C(CC[C@H]2[C@](C)(/C=C/COC(C)=O)[C@@H](O)CC[C@@]21C)C5)C1=CC(C)(C)OC(C)(C)C1[C@@H]3O. The zero-order valence-electron chi connectivity index (χ0n) is 30.7. The summed E-state index contributed by atoms with van der Waals surface area (Å²) in [6.45, 7) is 23.3. The Bertz CT molecular complexity index is 1930. The molecule has 2 saturated carbocycles. The van der Waals surface area contributed by atoms with E-state index in [9.17, 15) is 19.8 Å². The van der Waals surface area contributed by atoms with E-state index in [1.165, 1.54) is 18.2 Å². The van der Waals surface area contributed by atoms with Crippen molar-refractivity contribution < 1.29 is 29.3 Å². The molecule has 0 spiro atoms. The lowest BCUT2D eigenvalue weighted by atomic mass is 9.40. The van der Waals surface area contributed by atoms with Crippen LogP contribution in [-0.4, -0.2) is 50.4 Å². The number of fused-ring (bicyclic) bond motifs is 11. The second-order valence-corrected chi connectivity index (χ2v) is 18.0. The van der Waals surface area contributed by atoms with E-state index in [0.717, 1.165) is 58.9 Å². The van der Waals surface area contributed by atoms with Gasteiger partial charge in [0.2, 0.25) is 0 Å². The molecule has 6 aliphatic rings. The lowest BCUT2D eigenvalue weighted by molar-refractivity contribution is -0.145. The standard InChI is InChI=1S/C42H53NO6/c1-21(2)33-36(47)31-30-24(27-20-38(4,5)49-39(6,7)32(27)35(30)46)19-25-26-18-23-12-13-28-40(8,15-11-17-48-22(3)44)29(45)14-16-41(28,9)42(23,10)37(26)43(33)34(25)31/h11,15,19-20,23,28-29,32-33,35,45-46H,1,12-14,16-18H2,2-10H3/b15-11+/t23?,28-,29-,32?,33-,35+,40-,41-,42+/m0/s1. The maximum Gasteiger partial charge on any atom is 0.302 e. The van der Waals surface area contributed by atoms with Gasteiger partial charge in [0.1, 0.15) is 12.6 Å². The normalized spacial score (nSPS) is 39.3. The Morgan fingerprint density at radius 3 is 2.49 bits per heavy atom. The molecule has 0 radical (unpaired) electrons. The van der Waals surface area contributed by atoms with E-state index in [4.69, 9.17) is 9.47 Å². The molecule has 0 amide bonds. The van der Waals surface area contributed by atoms with Crippen molar-refractivity contribution in [1.29, 1.82) is 0 Å². The molecule has 7 nitrogen and oxygen atoms in total. The first-order valence-corrected chi connectivity index (χ1v) is 18.3. The third kappa shape index (κ3) is 4.01. The lowest BCUT2D eigenvalue weighted by Crippen LogP contribution is -2.62. The first-order valence-electron chi connectivity index (χ1n) is 18.3. The fourth-order valence-corrected chi connectivity index (χ4v) is 12.6. The number of aromatic nitrogens is 1. The number of carbonyl (C=O) groups excluding carboxylic acids is 2. The van der Waals surface area contributed by atoms with Gasteiger partial charge in [0.25, 0.3) is 0 Å². The lowest BCUT2D eigenvalue weighted by Gasteiger charge is -2.64. The highest BCUT2D eigenvalue weighted by Gasteiger charge is 2.67. The predicted molar refractivity (Wildman–Crippen MR) is 190 cm³/mol. The minimum Gasteiger partial charge on any atom is -0.462 e. The van der Waals surface area contributed by atoms with E-state index < -0.39 is 34.9 Å². The molecule has 49 heavy (non-hydrogen) atoms. The fraction of sp³-hybridized carbons (Fsp3) is 0.619. The van der Waals surface area contributed by atoms with Gasteiger partial charge in [0.05, 0.1) is 34.5 Å². The van der Waals surface area contributed by atoms with E-state index in [1.807, 2.05) is 13.0 Å². The number of allylic oxidation sites excluding steroid dienone is 1. The second kappa shape index (κ2) is 10.1. The number of esters is 1. The Hall–Kier alpha value is -3.00. The Balaban J connectivity index is 1.35. The van der Waals surface area contributed by atoms with E-state index in [0.29, 0.717) is 17.9 Å². The van der Waals surface area contributed by atoms with E-state index >= 15 is 0 Å². The van der Waals surface area contributed by atoms with Crippen LogP contribution in [0.2, 0.25) is 0 Å². The average Bonchev–Trinajstić information content (AvgIpc) is 3.66. The molecule has 1 aromatic heterocycles. The Morgan fingerprint density at radius 1 is 1.10 bits per heavy atom. The van der Waals surface area contributed by atoms with Crippen molar-refractivity contribution in [3.05, 3.63) is 64.4 Å². The minimum absolute atomic E-state index is 0.0327. The summed E-state index contributed by atoms with van der Waals surface area (Å²) in [5.74, 6) is 0.0266. The summed E-state index contributed by atoms with van der Waals surface area (Å²) >= 11 is 0. The van der Waals surface area contributed by atoms with Crippen LogP contribution in [0.5, 0.6) is 0 Å². The number of hydrogen-bond acceptors (Lipinski definition) is 6. The van der Waals surface area contributed by atoms with Gasteiger partial charge >= 0.3 is 5.97 Å². The first kappa shape index (κ1) is 33.2. The molecular formula is C42H53NO6. The molecule has 262 valence electrons. The summed E-state index contributed by atoms with van der Waals surface area (Å²) in [6.07, 6.45) is 9.37. The van der Waals surface area contributed by atoms with Gasteiger partial charge in [-0.3, -0.25) is 9.59 Å². The van der Waals surface area contributed by atoms with E-state index in [1.54, 1.807) is 0 Å². The van der Waals surface area contributed by atoms with Crippen molar-refractivity contribution in [2.45, 2.75) is 129 Å². The molecule has 8 rings (SSSR count). The van der Waals surface area contributed by atoms with E-state index in [-0.39, 0.29) is 41.0 Å². The summed E-state index contributed by atoms with van der Waals surface area (Å²) in [7, 11) is 0. The van der Waals surface area contributed by atoms with Gasteiger partial charge in [-0.05, 0) is 113 Å². The highest BCUT2D eigenvalue weighted by atomic mass is 16.5. The molecule has 2 N–H and O–H groups in total. The van der Waals surface area contributed by atoms with Crippen LogP contribution in [0.3, 0.4) is 0 Å². The van der Waals surface area contributed by atoms with Crippen molar-refractivity contribution >= 4 is 28.2 Å². The number of ketones is 1. The number of ether oxygens (including phenoxy) is 2. The van der Waals surface area contributed by atoms with Crippen molar-refractivity contribution in [2.24, 2.45) is 28.6 Å². The molecule has 2 unspecified atom stereocenters. The topological polar surface area (TPSA) is 98.0 Å². The molecule has 2 fully saturated rings. The number of Topliss-reactive ketones (excluding diaryl/α,β-unsaturated/α-hetero) is 1. The van der Waals surface area contributed by atoms with Gasteiger partial charge < -0.3 is 24.3 Å². The number of rotatable bonds is 4. The molecule has 2 aromatic rings. The zero-order valence-corrected chi connectivity index (χ0v) is 30.7. The minimum atomic E-state index is -0.850. The van der Waals surface area contributed by atoms with Crippen LogP contribution in [0.15, 0.2) is 36.4 Å². The maximum absolute atomic E-state index is 14.8. The fourth-order valence-electron chi connectivity index (χ4n) is 12.6. The molecule has 9 atom stereocenters. The summed E-state index contributed by atoms with van der Waals surface area (Å²) in [6, 6.07) is 1.78. The summed E-state index contributed by atoms with van der Waals surface area (Å²) in [5, 5.41) is 24.9. The Morgan fingerprint density at radius 2 is 1.82 bits per heavy atom. The molecule has 2 aliphatic heterocycles. The molecule has 0 saturated heterocycles. The van der Waals surface area contributed by atoms with Crippen LogP contribution < -0.4 is 0 Å². The van der Waals surface area contributed by atoms with Crippen LogP contribution in [-0.2, 0) is 26.1 Å². The van der Waals surface area contributed by atoms with Gasteiger partial charge in [-0.1, -0.05) is 45.1 Å². The summed E-state index contributed by atoms with van der Waals surface area (Å²) in [4.78, 5) is 26.3. The smallest absolute Gasteiger partial charge is 0.302 e. The van der Waals surface area contributed by atoms with E-state index in [2.05, 4.69) is 77.8 Å². The van der Waals surface area contributed by atoms with Crippen molar-refractivity contribution in [3.63, 3.8) is 0 Å². The van der Waals surface area contributed by atoms with Gasteiger partial charge in [0, 0.05) is 40.3 Å². The summed E-state index contributed by atoms with van der Waals surface area (Å²) in [5.41, 5.74) is 5.81. The molecule has 0 bridgehead atoms. The Kier molecular flexibility index (Phi) is 6.82. The Labute approximate surface area is 290 Å². The zero-order chi connectivity index (χ0) is 35.4. The van der Waals surface area contributed by atoms with Gasteiger partial charge in [-0.15, -0.1) is 0 Å². The highest BCUT2D eigenvalue weighted by molar-refractivity contribution is 6.18. The van der Waals surface area contributed by atoms with Crippen LogP contribution in [0.4, 0.5) is 0 Å². The third-order valence-corrected chi connectivity index (χ3v) is 14.5.